The summed E-state index contributed by atoms with van der Waals surface area (Å²) in [6.45, 7) is 3.96. The molecule has 0 aliphatic heterocycles. The normalized spacial score (nSPS) is 10.8. The summed E-state index contributed by atoms with van der Waals surface area (Å²) in [5.41, 5.74) is 1.16. The maximum atomic E-state index is 5.73. The van der Waals surface area contributed by atoms with Gasteiger partial charge in [0.2, 0.25) is 0 Å². The van der Waals surface area contributed by atoms with Crippen LogP contribution < -0.4 is 10.6 Å². The van der Waals surface area contributed by atoms with Gasteiger partial charge < -0.3 is 10.6 Å². The van der Waals surface area contributed by atoms with E-state index >= 15 is 0 Å². The molecule has 0 spiro atoms. The van der Waals surface area contributed by atoms with Crippen LogP contribution in [0, 0.1) is 0 Å². The number of aliphatic imine (C=N–C) groups is 1. The summed E-state index contributed by atoms with van der Waals surface area (Å²) in [5, 5.41) is 7.07. The maximum absolute atomic E-state index is 5.73. The zero-order chi connectivity index (χ0) is 13.2. The number of guanidine groups is 1. The lowest BCUT2D eigenvalue weighted by molar-refractivity contribution is 0.726. The number of pyridine rings is 1. The van der Waals surface area contributed by atoms with E-state index in [2.05, 4.69) is 27.5 Å². The zero-order valence-electron chi connectivity index (χ0n) is 11.4. The van der Waals surface area contributed by atoms with Gasteiger partial charge in [0.15, 0.2) is 5.96 Å². The molecule has 0 saturated heterocycles. The van der Waals surface area contributed by atoms with Gasteiger partial charge >= 0.3 is 0 Å². The lowest BCUT2D eigenvalue weighted by Gasteiger charge is -2.11. The second-order valence-corrected chi connectivity index (χ2v) is 4.41. The molecule has 1 aromatic rings. The van der Waals surface area contributed by atoms with Gasteiger partial charge in [-0.2, -0.15) is 0 Å². The second kappa shape index (κ2) is 11.3. The Morgan fingerprint density at radius 3 is 2.63 bits per heavy atom. The number of hydrogen-bond donors (Lipinski definition) is 2. The van der Waals surface area contributed by atoms with E-state index in [4.69, 9.17) is 11.6 Å². The van der Waals surface area contributed by atoms with Gasteiger partial charge in [-0.3, -0.25) is 4.99 Å². The lowest BCUT2D eigenvalue weighted by atomic mass is 10.2. The standard InChI is InChI=1S/C13H21ClN4.HI/c1-3-4-8-16-13(15-2)17-9-7-11-5-6-12(14)18-10-11;/h5-6,10H,3-4,7-9H2,1-2H3,(H2,15,16,17);1H. The van der Waals surface area contributed by atoms with E-state index in [0.717, 1.165) is 37.5 Å². The smallest absolute Gasteiger partial charge is 0.190 e. The van der Waals surface area contributed by atoms with Gasteiger partial charge in [-0.1, -0.05) is 31.0 Å². The fraction of sp³-hybridized carbons (Fsp3) is 0.538. The van der Waals surface area contributed by atoms with Crippen molar-refractivity contribution in [3.05, 3.63) is 29.0 Å². The molecule has 108 valence electrons. The largest absolute Gasteiger partial charge is 0.356 e. The van der Waals surface area contributed by atoms with Gasteiger partial charge in [0.05, 0.1) is 0 Å². The topological polar surface area (TPSA) is 49.3 Å². The van der Waals surface area contributed by atoms with E-state index < -0.39 is 0 Å². The molecule has 1 aromatic heterocycles. The Kier molecular flexibility index (Phi) is 10.9. The number of rotatable bonds is 6. The predicted molar refractivity (Wildman–Crippen MR) is 92.6 cm³/mol. The molecule has 0 radical (unpaired) electrons. The molecule has 0 aliphatic rings. The third kappa shape index (κ3) is 8.26. The number of hydrogen-bond acceptors (Lipinski definition) is 2. The average molecular weight is 397 g/mol. The summed E-state index contributed by atoms with van der Waals surface area (Å²) in [6.07, 6.45) is 5.04. The molecule has 0 amide bonds. The van der Waals surface area contributed by atoms with E-state index in [1.807, 2.05) is 12.1 Å². The van der Waals surface area contributed by atoms with Crippen molar-refractivity contribution in [3.8, 4) is 0 Å². The predicted octanol–water partition coefficient (Wildman–Crippen LogP) is 2.86. The van der Waals surface area contributed by atoms with Crippen LogP contribution in [-0.4, -0.2) is 31.1 Å². The molecular weight excluding hydrogens is 375 g/mol. The van der Waals surface area contributed by atoms with Gasteiger partial charge in [0.1, 0.15) is 5.15 Å². The molecule has 0 unspecified atom stereocenters. The summed E-state index contributed by atoms with van der Waals surface area (Å²) in [5.74, 6) is 0.852. The summed E-state index contributed by atoms with van der Waals surface area (Å²) >= 11 is 5.73. The highest BCUT2D eigenvalue weighted by Crippen LogP contribution is 2.05. The van der Waals surface area contributed by atoms with Crippen LogP contribution in [0.5, 0.6) is 0 Å². The molecule has 4 nitrogen and oxygen atoms in total. The first-order valence-corrected chi connectivity index (χ1v) is 6.69. The summed E-state index contributed by atoms with van der Waals surface area (Å²) in [4.78, 5) is 8.21. The van der Waals surface area contributed by atoms with Crippen molar-refractivity contribution < 1.29 is 0 Å². The van der Waals surface area contributed by atoms with Crippen LogP contribution in [0.25, 0.3) is 0 Å². The molecule has 0 atom stereocenters. The van der Waals surface area contributed by atoms with Crippen molar-refractivity contribution >= 4 is 41.5 Å². The van der Waals surface area contributed by atoms with E-state index in [1.165, 1.54) is 6.42 Å². The van der Waals surface area contributed by atoms with Gasteiger partial charge in [-0.15, -0.1) is 24.0 Å². The van der Waals surface area contributed by atoms with Gasteiger partial charge in [0.25, 0.3) is 0 Å². The van der Waals surface area contributed by atoms with Gasteiger partial charge in [-0.25, -0.2) is 4.98 Å². The van der Waals surface area contributed by atoms with Crippen molar-refractivity contribution in [2.45, 2.75) is 26.2 Å². The third-order valence-corrected chi connectivity index (χ3v) is 2.76. The van der Waals surface area contributed by atoms with Gasteiger partial charge in [0, 0.05) is 26.3 Å². The molecule has 19 heavy (non-hydrogen) atoms. The highest BCUT2D eigenvalue weighted by molar-refractivity contribution is 14.0. The Bertz CT molecular complexity index is 367. The number of nitrogens with zero attached hydrogens (tertiary/aromatic N) is 2. The Morgan fingerprint density at radius 2 is 2.05 bits per heavy atom. The lowest BCUT2D eigenvalue weighted by Crippen LogP contribution is -2.38. The summed E-state index contributed by atoms with van der Waals surface area (Å²) < 4.78 is 0. The zero-order valence-corrected chi connectivity index (χ0v) is 14.5. The summed E-state index contributed by atoms with van der Waals surface area (Å²) in [6, 6.07) is 3.80. The molecule has 2 N–H and O–H groups in total. The SMILES string of the molecule is CCCCNC(=NC)NCCc1ccc(Cl)nc1.I. The Balaban J connectivity index is 0.00000324. The van der Waals surface area contributed by atoms with Gasteiger partial charge in [-0.05, 0) is 24.5 Å². The van der Waals surface area contributed by atoms with Crippen molar-refractivity contribution in [2.24, 2.45) is 4.99 Å². The quantitative estimate of drug-likeness (QED) is 0.256. The van der Waals surface area contributed by atoms with Crippen LogP contribution in [0.2, 0.25) is 5.15 Å². The molecule has 0 bridgehead atoms. The average Bonchev–Trinajstić information content (AvgIpc) is 2.39. The van der Waals surface area contributed by atoms with E-state index in [9.17, 15) is 0 Å². The third-order valence-electron chi connectivity index (χ3n) is 2.54. The minimum Gasteiger partial charge on any atom is -0.356 e. The van der Waals surface area contributed by atoms with Crippen LogP contribution in [0.1, 0.15) is 25.3 Å². The highest BCUT2D eigenvalue weighted by Gasteiger charge is 1.97. The Morgan fingerprint density at radius 1 is 1.32 bits per heavy atom. The Hall–Kier alpha value is -0.560. The molecular formula is C13H22ClIN4. The molecule has 6 heteroatoms. The van der Waals surface area contributed by atoms with Crippen LogP contribution in [0.15, 0.2) is 23.3 Å². The molecule has 0 aromatic carbocycles. The van der Waals surface area contributed by atoms with Crippen LogP contribution in [0.4, 0.5) is 0 Å². The fourth-order valence-corrected chi connectivity index (χ4v) is 1.60. The number of unbranched alkanes of at least 4 members (excludes halogenated alkanes) is 1. The van der Waals surface area contributed by atoms with Crippen molar-refractivity contribution in [1.29, 1.82) is 0 Å². The monoisotopic (exact) mass is 396 g/mol. The first-order chi connectivity index (χ1) is 8.76. The van der Waals surface area contributed by atoms with Crippen LogP contribution in [0.3, 0.4) is 0 Å². The van der Waals surface area contributed by atoms with E-state index in [1.54, 1.807) is 13.2 Å². The minimum absolute atomic E-state index is 0. The fourth-order valence-electron chi connectivity index (χ4n) is 1.48. The minimum atomic E-state index is 0. The first-order valence-electron chi connectivity index (χ1n) is 6.31. The van der Waals surface area contributed by atoms with Crippen molar-refractivity contribution in [1.82, 2.24) is 15.6 Å². The van der Waals surface area contributed by atoms with Crippen molar-refractivity contribution in [2.75, 3.05) is 20.1 Å². The first kappa shape index (κ1) is 18.4. The molecule has 1 heterocycles. The number of halogens is 2. The number of aromatic nitrogens is 1. The Labute approximate surface area is 137 Å². The van der Waals surface area contributed by atoms with Crippen molar-refractivity contribution in [3.63, 3.8) is 0 Å². The highest BCUT2D eigenvalue weighted by atomic mass is 127. The molecule has 1 rings (SSSR count). The van der Waals surface area contributed by atoms with E-state index in [-0.39, 0.29) is 24.0 Å². The van der Waals surface area contributed by atoms with E-state index in [0.29, 0.717) is 5.15 Å². The molecule has 0 saturated carbocycles. The molecule has 0 aliphatic carbocycles. The molecule has 0 fully saturated rings. The second-order valence-electron chi connectivity index (χ2n) is 4.02. The maximum Gasteiger partial charge on any atom is 0.190 e. The van der Waals surface area contributed by atoms with Crippen LogP contribution in [-0.2, 0) is 6.42 Å². The van der Waals surface area contributed by atoms with Crippen LogP contribution >= 0.6 is 35.6 Å². The summed E-state index contributed by atoms with van der Waals surface area (Å²) in [7, 11) is 1.78. The number of nitrogens with one attached hydrogen (secondary N) is 2.